The minimum atomic E-state index is 0.859. The molecule has 0 fully saturated rings. The fourth-order valence-corrected chi connectivity index (χ4v) is 2.78. The van der Waals surface area contributed by atoms with E-state index in [1.807, 2.05) is 6.20 Å². The highest BCUT2D eigenvalue weighted by Gasteiger charge is 2.17. The van der Waals surface area contributed by atoms with E-state index in [0.717, 1.165) is 12.4 Å². The first-order valence-corrected chi connectivity index (χ1v) is 6.80. The number of fused-ring (bicyclic) bond motifs is 2. The Labute approximate surface area is 118 Å². The van der Waals surface area contributed by atoms with E-state index in [4.69, 9.17) is 0 Å². The van der Waals surface area contributed by atoms with E-state index < -0.39 is 0 Å². The summed E-state index contributed by atoms with van der Waals surface area (Å²) in [7, 11) is 0. The van der Waals surface area contributed by atoms with Crippen LogP contribution in [-0.2, 0) is 0 Å². The van der Waals surface area contributed by atoms with Crippen molar-refractivity contribution in [1.29, 1.82) is 0 Å². The van der Waals surface area contributed by atoms with Crippen molar-refractivity contribution in [2.45, 2.75) is 0 Å². The minimum Gasteiger partial charge on any atom is -0.321 e. The van der Waals surface area contributed by atoms with Gasteiger partial charge in [-0.2, -0.15) is 0 Å². The number of anilines is 2. The van der Waals surface area contributed by atoms with Gasteiger partial charge in [0.25, 0.3) is 0 Å². The Balaban J connectivity index is 1.95. The van der Waals surface area contributed by atoms with Crippen molar-refractivity contribution in [1.82, 2.24) is 4.98 Å². The number of rotatable bonds is 1. The van der Waals surface area contributed by atoms with Gasteiger partial charge in [0.05, 0.1) is 0 Å². The van der Waals surface area contributed by atoms with Crippen LogP contribution in [0.25, 0.3) is 16.8 Å². The highest BCUT2D eigenvalue weighted by molar-refractivity contribution is 5.95. The SMILES string of the molecule is C1=Cc2ccccc2N(c2nccc3ccccc23)C1. The highest BCUT2D eigenvalue weighted by Crippen LogP contribution is 2.34. The molecule has 0 bridgehead atoms. The summed E-state index contributed by atoms with van der Waals surface area (Å²) in [5.74, 6) is 1.03. The smallest absolute Gasteiger partial charge is 0.141 e. The number of para-hydroxylation sites is 1. The van der Waals surface area contributed by atoms with Crippen molar-refractivity contribution >= 4 is 28.4 Å². The third-order valence-corrected chi connectivity index (χ3v) is 3.72. The van der Waals surface area contributed by atoms with Gasteiger partial charge >= 0.3 is 0 Å². The van der Waals surface area contributed by atoms with Gasteiger partial charge in [-0.15, -0.1) is 0 Å². The normalized spacial score (nSPS) is 13.5. The number of nitrogens with zero attached hydrogens (tertiary/aromatic N) is 2. The highest BCUT2D eigenvalue weighted by atomic mass is 15.2. The number of hydrogen-bond donors (Lipinski definition) is 0. The summed E-state index contributed by atoms with van der Waals surface area (Å²) in [4.78, 5) is 6.90. The van der Waals surface area contributed by atoms with Crippen molar-refractivity contribution < 1.29 is 0 Å². The lowest BCUT2D eigenvalue weighted by molar-refractivity contribution is 1.05. The Hall–Kier alpha value is -2.61. The molecule has 2 heteroatoms. The second-order valence-corrected chi connectivity index (χ2v) is 4.93. The van der Waals surface area contributed by atoms with Crippen molar-refractivity contribution in [2.24, 2.45) is 0 Å². The zero-order valence-electron chi connectivity index (χ0n) is 11.0. The molecular weight excluding hydrogens is 244 g/mol. The summed E-state index contributed by atoms with van der Waals surface area (Å²) >= 11 is 0. The van der Waals surface area contributed by atoms with Gasteiger partial charge in [-0.3, -0.25) is 0 Å². The molecule has 2 nitrogen and oxygen atoms in total. The van der Waals surface area contributed by atoms with Crippen LogP contribution in [0.15, 0.2) is 66.9 Å². The first-order chi connectivity index (χ1) is 9.93. The summed E-state index contributed by atoms with van der Waals surface area (Å²) in [5, 5.41) is 2.42. The van der Waals surface area contributed by atoms with Crippen LogP contribution >= 0.6 is 0 Å². The molecular formula is C18H14N2. The molecule has 0 amide bonds. The number of hydrogen-bond acceptors (Lipinski definition) is 2. The molecule has 4 rings (SSSR count). The quantitative estimate of drug-likeness (QED) is 0.643. The molecule has 2 heterocycles. The lowest BCUT2D eigenvalue weighted by Gasteiger charge is -2.28. The third kappa shape index (κ3) is 1.69. The van der Waals surface area contributed by atoms with E-state index in [1.54, 1.807) is 0 Å². The van der Waals surface area contributed by atoms with Crippen molar-refractivity contribution in [3.8, 4) is 0 Å². The molecule has 2 aromatic carbocycles. The average molecular weight is 258 g/mol. The van der Waals surface area contributed by atoms with Crippen LogP contribution in [0.3, 0.4) is 0 Å². The summed E-state index contributed by atoms with van der Waals surface area (Å²) in [5.41, 5.74) is 2.47. The van der Waals surface area contributed by atoms with Gasteiger partial charge in [-0.1, -0.05) is 54.6 Å². The average Bonchev–Trinajstić information content (AvgIpc) is 2.54. The van der Waals surface area contributed by atoms with Crippen LogP contribution in [0.5, 0.6) is 0 Å². The maximum atomic E-state index is 4.62. The van der Waals surface area contributed by atoms with E-state index in [-0.39, 0.29) is 0 Å². The van der Waals surface area contributed by atoms with Gasteiger partial charge in [-0.05, 0) is 23.1 Å². The second kappa shape index (κ2) is 4.49. The maximum Gasteiger partial charge on any atom is 0.141 e. The van der Waals surface area contributed by atoms with Crippen LogP contribution in [0, 0.1) is 0 Å². The monoisotopic (exact) mass is 258 g/mol. The van der Waals surface area contributed by atoms with Gasteiger partial charge in [0.2, 0.25) is 0 Å². The van der Waals surface area contributed by atoms with E-state index in [0.29, 0.717) is 0 Å². The molecule has 0 atom stereocenters. The van der Waals surface area contributed by atoms with Gasteiger partial charge < -0.3 is 4.90 Å². The van der Waals surface area contributed by atoms with E-state index >= 15 is 0 Å². The number of pyridine rings is 1. The standard InChI is InChI=1S/C18H14N2/c1-3-9-16-14(6-1)11-12-19-18(16)20-13-5-8-15-7-2-4-10-17(15)20/h1-12H,13H2. The van der Waals surface area contributed by atoms with Crippen LogP contribution in [0.2, 0.25) is 0 Å². The molecule has 0 radical (unpaired) electrons. The molecule has 0 saturated carbocycles. The molecule has 1 aliphatic rings. The summed E-state index contributed by atoms with van der Waals surface area (Å²) in [6.45, 7) is 0.859. The Morgan fingerprint density at radius 2 is 1.75 bits per heavy atom. The maximum absolute atomic E-state index is 4.62. The molecule has 0 N–H and O–H groups in total. The molecule has 1 aromatic heterocycles. The molecule has 1 aliphatic heterocycles. The third-order valence-electron chi connectivity index (χ3n) is 3.72. The van der Waals surface area contributed by atoms with Crippen LogP contribution in [0.4, 0.5) is 11.5 Å². The van der Waals surface area contributed by atoms with Crippen molar-refractivity contribution in [3.05, 3.63) is 72.4 Å². The molecule has 0 unspecified atom stereocenters. The Bertz CT molecular complexity index is 800. The van der Waals surface area contributed by atoms with E-state index in [9.17, 15) is 0 Å². The van der Waals surface area contributed by atoms with E-state index in [2.05, 4.69) is 76.6 Å². The van der Waals surface area contributed by atoms with E-state index in [1.165, 1.54) is 22.0 Å². The fourth-order valence-electron chi connectivity index (χ4n) is 2.78. The van der Waals surface area contributed by atoms with Crippen molar-refractivity contribution in [3.63, 3.8) is 0 Å². The molecule has 96 valence electrons. The lowest BCUT2D eigenvalue weighted by atomic mass is 10.1. The van der Waals surface area contributed by atoms with Crippen LogP contribution < -0.4 is 4.90 Å². The second-order valence-electron chi connectivity index (χ2n) is 4.93. The molecule has 0 spiro atoms. The fraction of sp³-hybridized carbons (Fsp3) is 0.0556. The first-order valence-electron chi connectivity index (χ1n) is 6.80. The minimum absolute atomic E-state index is 0.859. The molecule has 20 heavy (non-hydrogen) atoms. The number of aromatic nitrogens is 1. The summed E-state index contributed by atoms with van der Waals surface area (Å²) in [6, 6.07) is 18.9. The topological polar surface area (TPSA) is 16.1 Å². The largest absolute Gasteiger partial charge is 0.321 e. The molecule has 3 aromatic rings. The number of benzene rings is 2. The van der Waals surface area contributed by atoms with Gasteiger partial charge in [0.15, 0.2) is 0 Å². The molecule has 0 aliphatic carbocycles. The van der Waals surface area contributed by atoms with Gasteiger partial charge in [0.1, 0.15) is 5.82 Å². The lowest BCUT2D eigenvalue weighted by Crippen LogP contribution is -2.21. The first kappa shape index (κ1) is 11.2. The Morgan fingerprint density at radius 1 is 0.900 bits per heavy atom. The zero-order chi connectivity index (χ0) is 13.4. The van der Waals surface area contributed by atoms with Crippen molar-refractivity contribution in [2.75, 3.05) is 11.4 Å². The predicted molar refractivity (Wildman–Crippen MR) is 84.2 cm³/mol. The van der Waals surface area contributed by atoms with Crippen LogP contribution in [-0.4, -0.2) is 11.5 Å². The van der Waals surface area contributed by atoms with Gasteiger partial charge in [-0.25, -0.2) is 4.98 Å². The zero-order valence-corrected chi connectivity index (χ0v) is 11.0. The Morgan fingerprint density at radius 3 is 2.75 bits per heavy atom. The van der Waals surface area contributed by atoms with Crippen LogP contribution in [0.1, 0.15) is 5.56 Å². The van der Waals surface area contributed by atoms with Gasteiger partial charge in [0, 0.05) is 23.8 Å². The summed E-state index contributed by atoms with van der Waals surface area (Å²) < 4.78 is 0. The Kier molecular flexibility index (Phi) is 2.52. The summed E-state index contributed by atoms with van der Waals surface area (Å²) in [6.07, 6.45) is 6.25. The molecule has 0 saturated heterocycles. The predicted octanol–water partition coefficient (Wildman–Crippen LogP) is 4.40.